The summed E-state index contributed by atoms with van der Waals surface area (Å²) >= 11 is 3.55. The molecule has 0 spiro atoms. The molecule has 1 aromatic carbocycles. The second-order valence-electron chi connectivity index (χ2n) is 4.62. The molecule has 1 unspecified atom stereocenters. The molecule has 19 heavy (non-hydrogen) atoms. The molecule has 0 aliphatic heterocycles. The van der Waals surface area contributed by atoms with Gasteiger partial charge in [0, 0.05) is 10.0 Å². The van der Waals surface area contributed by atoms with Crippen molar-refractivity contribution in [1.29, 1.82) is 0 Å². The molecular weight excluding hydrogens is 306 g/mol. The van der Waals surface area contributed by atoms with Gasteiger partial charge < -0.3 is 14.9 Å². The molecule has 2 rings (SSSR count). The molecule has 0 saturated heterocycles. The molecule has 0 aliphatic rings. The summed E-state index contributed by atoms with van der Waals surface area (Å²) in [4.78, 5) is 0. The summed E-state index contributed by atoms with van der Waals surface area (Å²) in [6.45, 7) is 5.95. The molecule has 3 nitrogen and oxygen atoms in total. The van der Waals surface area contributed by atoms with Crippen LogP contribution in [-0.2, 0) is 0 Å². The van der Waals surface area contributed by atoms with Gasteiger partial charge in [-0.2, -0.15) is 0 Å². The first-order chi connectivity index (χ1) is 8.95. The van der Waals surface area contributed by atoms with Crippen molar-refractivity contribution < 1.29 is 9.15 Å². The van der Waals surface area contributed by atoms with Gasteiger partial charge in [-0.25, -0.2) is 0 Å². The van der Waals surface area contributed by atoms with E-state index in [4.69, 9.17) is 14.9 Å². The van der Waals surface area contributed by atoms with Crippen LogP contribution in [0.2, 0.25) is 0 Å². The van der Waals surface area contributed by atoms with Crippen molar-refractivity contribution in [3.05, 3.63) is 50.9 Å². The summed E-state index contributed by atoms with van der Waals surface area (Å²) in [5.74, 6) is 2.61. The highest BCUT2D eigenvalue weighted by Crippen LogP contribution is 2.34. The molecule has 1 atom stereocenters. The maximum Gasteiger partial charge on any atom is 0.120 e. The summed E-state index contributed by atoms with van der Waals surface area (Å²) in [6.07, 6.45) is 0. The Morgan fingerprint density at radius 1 is 1.21 bits per heavy atom. The second kappa shape index (κ2) is 5.39. The third kappa shape index (κ3) is 2.55. The lowest BCUT2D eigenvalue weighted by Gasteiger charge is -2.15. The van der Waals surface area contributed by atoms with E-state index in [2.05, 4.69) is 15.9 Å². The zero-order valence-corrected chi connectivity index (χ0v) is 13.2. The molecule has 0 fully saturated rings. The van der Waals surface area contributed by atoms with Crippen molar-refractivity contribution in [2.24, 2.45) is 5.73 Å². The van der Waals surface area contributed by atoms with Crippen LogP contribution in [0.4, 0.5) is 0 Å². The highest BCUT2D eigenvalue weighted by Gasteiger charge is 2.21. The Hall–Kier alpha value is -1.26. The van der Waals surface area contributed by atoms with Gasteiger partial charge in [-0.15, -0.1) is 0 Å². The smallest absolute Gasteiger partial charge is 0.120 e. The number of halogens is 1. The Morgan fingerprint density at radius 2 is 1.89 bits per heavy atom. The lowest BCUT2D eigenvalue weighted by molar-refractivity contribution is 0.414. The average molecular weight is 324 g/mol. The molecule has 0 bridgehead atoms. The zero-order chi connectivity index (χ0) is 14.2. The predicted molar refractivity (Wildman–Crippen MR) is 79.6 cm³/mol. The van der Waals surface area contributed by atoms with E-state index in [0.29, 0.717) is 0 Å². The van der Waals surface area contributed by atoms with E-state index in [9.17, 15) is 0 Å². The molecule has 102 valence electrons. The fourth-order valence-electron chi connectivity index (χ4n) is 2.31. The number of hydrogen-bond donors (Lipinski definition) is 1. The van der Waals surface area contributed by atoms with E-state index in [0.717, 1.165) is 38.4 Å². The van der Waals surface area contributed by atoms with Crippen LogP contribution in [0.3, 0.4) is 0 Å². The topological polar surface area (TPSA) is 48.4 Å². The van der Waals surface area contributed by atoms with Crippen molar-refractivity contribution in [3.8, 4) is 5.75 Å². The third-order valence-electron chi connectivity index (χ3n) is 3.47. The van der Waals surface area contributed by atoms with Crippen molar-refractivity contribution in [2.75, 3.05) is 7.11 Å². The molecule has 2 aromatic rings. The van der Waals surface area contributed by atoms with Crippen LogP contribution in [0, 0.1) is 20.8 Å². The molecule has 2 N–H and O–H groups in total. The Balaban J connectivity index is 2.47. The molecule has 4 heteroatoms. The minimum atomic E-state index is -0.210. The van der Waals surface area contributed by atoms with Crippen molar-refractivity contribution in [2.45, 2.75) is 26.8 Å². The number of aryl methyl sites for hydroxylation is 2. The fourth-order valence-corrected chi connectivity index (χ4v) is 2.91. The molecule has 0 radical (unpaired) electrons. The van der Waals surface area contributed by atoms with Crippen LogP contribution in [0.5, 0.6) is 5.75 Å². The number of nitrogens with two attached hydrogens (primary N) is 1. The van der Waals surface area contributed by atoms with Crippen LogP contribution >= 0.6 is 15.9 Å². The maximum atomic E-state index is 6.39. The van der Waals surface area contributed by atoms with Gasteiger partial charge >= 0.3 is 0 Å². The van der Waals surface area contributed by atoms with Crippen LogP contribution in [0.15, 0.2) is 27.1 Å². The highest BCUT2D eigenvalue weighted by atomic mass is 79.9. The standard InChI is InChI=1S/C15H18BrNO2/c1-8-9(2)19-10(3)14(8)15(17)12-6-5-11(18-4)7-13(12)16/h5-7,15H,17H2,1-4H3. The first-order valence-electron chi connectivity index (χ1n) is 6.11. The lowest BCUT2D eigenvalue weighted by atomic mass is 9.96. The van der Waals surface area contributed by atoms with Gasteiger partial charge in [0.1, 0.15) is 17.3 Å². The summed E-state index contributed by atoms with van der Waals surface area (Å²) < 4.78 is 11.8. The quantitative estimate of drug-likeness (QED) is 0.927. The maximum absolute atomic E-state index is 6.39. The Labute approximate surface area is 121 Å². The van der Waals surface area contributed by atoms with Crippen LogP contribution < -0.4 is 10.5 Å². The summed E-state index contributed by atoms with van der Waals surface area (Å²) in [7, 11) is 1.65. The number of ether oxygens (including phenoxy) is 1. The van der Waals surface area contributed by atoms with Crippen LogP contribution in [-0.4, -0.2) is 7.11 Å². The second-order valence-corrected chi connectivity index (χ2v) is 5.47. The fraction of sp³-hybridized carbons (Fsp3) is 0.333. The minimum absolute atomic E-state index is 0.210. The van der Waals surface area contributed by atoms with Crippen molar-refractivity contribution >= 4 is 15.9 Å². The lowest BCUT2D eigenvalue weighted by Crippen LogP contribution is -2.14. The van der Waals surface area contributed by atoms with Gasteiger partial charge in [0.25, 0.3) is 0 Å². The van der Waals surface area contributed by atoms with Gasteiger partial charge in [-0.05, 0) is 44.0 Å². The van der Waals surface area contributed by atoms with Crippen molar-refractivity contribution in [1.82, 2.24) is 0 Å². The van der Waals surface area contributed by atoms with Gasteiger partial charge in [0.15, 0.2) is 0 Å². The number of benzene rings is 1. The van der Waals surface area contributed by atoms with E-state index in [1.807, 2.05) is 39.0 Å². The Bertz CT molecular complexity index is 604. The predicted octanol–water partition coefficient (Wildman–Crippen LogP) is 4.02. The van der Waals surface area contributed by atoms with E-state index >= 15 is 0 Å². The van der Waals surface area contributed by atoms with E-state index in [1.54, 1.807) is 7.11 Å². The van der Waals surface area contributed by atoms with Crippen molar-refractivity contribution in [3.63, 3.8) is 0 Å². The normalized spacial score (nSPS) is 12.5. The monoisotopic (exact) mass is 323 g/mol. The molecular formula is C15H18BrNO2. The Kier molecular flexibility index (Phi) is 4.02. The highest BCUT2D eigenvalue weighted by molar-refractivity contribution is 9.10. The summed E-state index contributed by atoms with van der Waals surface area (Å²) in [5.41, 5.74) is 9.59. The third-order valence-corrected chi connectivity index (χ3v) is 4.16. The number of hydrogen-bond acceptors (Lipinski definition) is 3. The Morgan fingerprint density at radius 3 is 2.37 bits per heavy atom. The van der Waals surface area contributed by atoms with Crippen LogP contribution in [0.1, 0.15) is 34.3 Å². The first-order valence-corrected chi connectivity index (χ1v) is 6.90. The summed E-state index contributed by atoms with van der Waals surface area (Å²) in [6, 6.07) is 5.61. The molecule has 0 amide bonds. The minimum Gasteiger partial charge on any atom is -0.497 e. The van der Waals surface area contributed by atoms with Crippen LogP contribution in [0.25, 0.3) is 0 Å². The van der Waals surface area contributed by atoms with E-state index < -0.39 is 0 Å². The van der Waals surface area contributed by atoms with E-state index in [-0.39, 0.29) is 6.04 Å². The van der Waals surface area contributed by atoms with Gasteiger partial charge in [0.05, 0.1) is 13.2 Å². The number of furan rings is 1. The molecule has 0 saturated carbocycles. The zero-order valence-electron chi connectivity index (χ0n) is 11.6. The van der Waals surface area contributed by atoms with Gasteiger partial charge in [-0.3, -0.25) is 0 Å². The number of rotatable bonds is 3. The largest absolute Gasteiger partial charge is 0.497 e. The van der Waals surface area contributed by atoms with E-state index in [1.165, 1.54) is 0 Å². The molecule has 1 aromatic heterocycles. The van der Waals surface area contributed by atoms with Gasteiger partial charge in [0.2, 0.25) is 0 Å². The summed E-state index contributed by atoms with van der Waals surface area (Å²) in [5, 5.41) is 0. The average Bonchev–Trinajstić information content (AvgIpc) is 2.62. The molecule has 1 heterocycles. The van der Waals surface area contributed by atoms with Gasteiger partial charge in [-0.1, -0.05) is 22.0 Å². The SMILES string of the molecule is COc1ccc(C(N)c2c(C)oc(C)c2C)c(Br)c1. The first kappa shape index (κ1) is 14.2. The number of methoxy groups -OCH3 is 1. The molecule has 0 aliphatic carbocycles.